The van der Waals surface area contributed by atoms with E-state index in [0.29, 0.717) is 18.8 Å². The van der Waals surface area contributed by atoms with Crippen molar-refractivity contribution in [3.63, 3.8) is 0 Å². The SMILES string of the molecule is C=CCNC(=O)c1cc(-c2ccccc2OC)nn1CC. The highest BCUT2D eigenvalue weighted by molar-refractivity contribution is 5.94. The Balaban J connectivity index is 2.40. The monoisotopic (exact) mass is 285 g/mol. The fourth-order valence-corrected chi connectivity index (χ4v) is 2.08. The van der Waals surface area contributed by atoms with Gasteiger partial charge >= 0.3 is 0 Å². The first kappa shape index (κ1) is 14.8. The summed E-state index contributed by atoms with van der Waals surface area (Å²) in [4.78, 5) is 12.1. The van der Waals surface area contributed by atoms with E-state index in [-0.39, 0.29) is 5.91 Å². The normalized spacial score (nSPS) is 10.2. The molecule has 0 spiro atoms. The lowest BCUT2D eigenvalue weighted by atomic mass is 10.1. The standard InChI is InChI=1S/C16H19N3O2/c1-4-10-17-16(20)14-11-13(18-19(14)5-2)12-8-6-7-9-15(12)21-3/h4,6-9,11H,1,5,10H2,2-3H3,(H,17,20). The van der Waals surface area contributed by atoms with E-state index in [2.05, 4.69) is 17.0 Å². The highest BCUT2D eigenvalue weighted by Crippen LogP contribution is 2.29. The van der Waals surface area contributed by atoms with Gasteiger partial charge in [-0.05, 0) is 25.1 Å². The van der Waals surface area contributed by atoms with E-state index in [1.54, 1.807) is 23.9 Å². The Morgan fingerprint density at radius 1 is 1.48 bits per heavy atom. The average molecular weight is 285 g/mol. The number of hydrogen-bond acceptors (Lipinski definition) is 3. The number of carbonyl (C=O) groups is 1. The number of aryl methyl sites for hydroxylation is 1. The summed E-state index contributed by atoms with van der Waals surface area (Å²) in [6.07, 6.45) is 1.64. The van der Waals surface area contributed by atoms with Crippen LogP contribution in [-0.2, 0) is 6.54 Å². The minimum absolute atomic E-state index is 0.162. The second-order valence-corrected chi connectivity index (χ2v) is 4.43. The number of methoxy groups -OCH3 is 1. The van der Waals surface area contributed by atoms with E-state index in [1.165, 1.54) is 0 Å². The predicted octanol–water partition coefficient (Wildman–Crippen LogP) is 2.49. The average Bonchev–Trinajstić information content (AvgIpc) is 2.96. The maximum Gasteiger partial charge on any atom is 0.269 e. The number of benzene rings is 1. The van der Waals surface area contributed by atoms with E-state index >= 15 is 0 Å². The molecule has 0 atom stereocenters. The van der Waals surface area contributed by atoms with Crippen molar-refractivity contribution in [3.05, 3.63) is 48.7 Å². The lowest BCUT2D eigenvalue weighted by Crippen LogP contribution is -2.26. The molecule has 0 saturated heterocycles. The summed E-state index contributed by atoms with van der Waals surface area (Å²) < 4.78 is 7.03. The van der Waals surface area contributed by atoms with Crippen LogP contribution >= 0.6 is 0 Å². The Morgan fingerprint density at radius 2 is 2.24 bits per heavy atom. The number of aromatic nitrogens is 2. The van der Waals surface area contributed by atoms with E-state index < -0.39 is 0 Å². The molecule has 110 valence electrons. The highest BCUT2D eigenvalue weighted by Gasteiger charge is 2.16. The van der Waals surface area contributed by atoms with Gasteiger partial charge in [-0.15, -0.1) is 6.58 Å². The lowest BCUT2D eigenvalue weighted by molar-refractivity contribution is 0.0947. The van der Waals surface area contributed by atoms with Gasteiger partial charge in [0.2, 0.25) is 0 Å². The molecule has 0 fully saturated rings. The van der Waals surface area contributed by atoms with Crippen LogP contribution in [-0.4, -0.2) is 29.3 Å². The smallest absolute Gasteiger partial charge is 0.269 e. The van der Waals surface area contributed by atoms with Crippen LogP contribution in [0.4, 0.5) is 0 Å². The van der Waals surface area contributed by atoms with Crippen LogP contribution in [0.15, 0.2) is 43.0 Å². The Morgan fingerprint density at radius 3 is 2.90 bits per heavy atom. The third-order valence-corrected chi connectivity index (χ3v) is 3.10. The van der Waals surface area contributed by atoms with Crippen molar-refractivity contribution in [2.75, 3.05) is 13.7 Å². The van der Waals surface area contributed by atoms with Crippen molar-refractivity contribution >= 4 is 5.91 Å². The maximum atomic E-state index is 12.1. The van der Waals surface area contributed by atoms with Crippen molar-refractivity contribution in [3.8, 4) is 17.0 Å². The summed E-state index contributed by atoms with van der Waals surface area (Å²) >= 11 is 0. The number of nitrogens with zero attached hydrogens (tertiary/aromatic N) is 2. The molecule has 0 unspecified atom stereocenters. The second kappa shape index (κ2) is 6.74. The largest absolute Gasteiger partial charge is 0.496 e. The van der Waals surface area contributed by atoms with E-state index in [0.717, 1.165) is 17.0 Å². The molecular weight excluding hydrogens is 266 g/mol. The van der Waals surface area contributed by atoms with Crippen LogP contribution in [0.3, 0.4) is 0 Å². The number of hydrogen-bond donors (Lipinski definition) is 1. The van der Waals surface area contributed by atoms with Crippen LogP contribution in [0.5, 0.6) is 5.75 Å². The van der Waals surface area contributed by atoms with Crippen LogP contribution in [0.1, 0.15) is 17.4 Å². The fourth-order valence-electron chi connectivity index (χ4n) is 2.08. The van der Waals surface area contributed by atoms with Gasteiger partial charge in [-0.2, -0.15) is 5.10 Å². The van der Waals surface area contributed by atoms with Crippen LogP contribution < -0.4 is 10.1 Å². The third kappa shape index (κ3) is 3.13. The summed E-state index contributed by atoms with van der Waals surface area (Å²) in [6.45, 7) is 6.58. The number of amides is 1. The zero-order valence-corrected chi connectivity index (χ0v) is 12.3. The first-order valence-corrected chi connectivity index (χ1v) is 6.81. The molecule has 21 heavy (non-hydrogen) atoms. The molecule has 5 nitrogen and oxygen atoms in total. The third-order valence-electron chi connectivity index (χ3n) is 3.10. The van der Waals surface area contributed by atoms with Gasteiger partial charge < -0.3 is 10.1 Å². The lowest BCUT2D eigenvalue weighted by Gasteiger charge is -2.04. The first-order valence-electron chi connectivity index (χ1n) is 6.81. The maximum absolute atomic E-state index is 12.1. The zero-order valence-electron chi connectivity index (χ0n) is 12.3. The molecule has 1 N–H and O–H groups in total. The molecule has 1 aromatic heterocycles. The van der Waals surface area contributed by atoms with E-state index in [9.17, 15) is 4.79 Å². The number of para-hydroxylation sites is 1. The van der Waals surface area contributed by atoms with Gasteiger partial charge in [0.05, 0.1) is 12.8 Å². The number of nitrogens with one attached hydrogen (secondary N) is 1. The topological polar surface area (TPSA) is 56.1 Å². The molecule has 0 aliphatic carbocycles. The molecule has 0 aliphatic rings. The van der Waals surface area contributed by atoms with Gasteiger partial charge in [-0.25, -0.2) is 0 Å². The van der Waals surface area contributed by atoms with Crippen LogP contribution in [0.2, 0.25) is 0 Å². The van der Waals surface area contributed by atoms with Crippen molar-refractivity contribution in [2.45, 2.75) is 13.5 Å². The van der Waals surface area contributed by atoms with Crippen LogP contribution in [0, 0.1) is 0 Å². The van der Waals surface area contributed by atoms with Gasteiger partial charge in [-0.3, -0.25) is 9.48 Å². The summed E-state index contributed by atoms with van der Waals surface area (Å²) in [5.74, 6) is 0.571. The van der Waals surface area contributed by atoms with E-state index in [4.69, 9.17) is 4.74 Å². The molecule has 1 heterocycles. The zero-order chi connectivity index (χ0) is 15.2. The number of ether oxygens (including phenoxy) is 1. The molecule has 0 aliphatic heterocycles. The van der Waals surface area contributed by atoms with Crippen molar-refractivity contribution in [2.24, 2.45) is 0 Å². The van der Waals surface area contributed by atoms with Gasteiger partial charge in [0, 0.05) is 18.7 Å². The Bertz CT molecular complexity index is 647. The Labute approximate surface area is 124 Å². The molecule has 0 bridgehead atoms. The van der Waals surface area contributed by atoms with Gasteiger partial charge in [-0.1, -0.05) is 18.2 Å². The molecule has 2 rings (SSSR count). The Hall–Kier alpha value is -2.56. The van der Waals surface area contributed by atoms with Crippen LogP contribution in [0.25, 0.3) is 11.3 Å². The molecule has 1 aromatic carbocycles. The quantitative estimate of drug-likeness (QED) is 0.830. The second-order valence-electron chi connectivity index (χ2n) is 4.43. The van der Waals surface area contributed by atoms with Crippen molar-refractivity contribution in [1.29, 1.82) is 0 Å². The first-order chi connectivity index (χ1) is 10.2. The summed E-state index contributed by atoms with van der Waals surface area (Å²) in [6, 6.07) is 9.39. The molecule has 0 saturated carbocycles. The molecule has 0 radical (unpaired) electrons. The van der Waals surface area contributed by atoms with Gasteiger partial charge in [0.1, 0.15) is 11.4 Å². The molecule has 5 heteroatoms. The van der Waals surface area contributed by atoms with Crippen molar-refractivity contribution in [1.82, 2.24) is 15.1 Å². The predicted molar refractivity (Wildman–Crippen MR) is 82.4 cm³/mol. The summed E-state index contributed by atoms with van der Waals surface area (Å²) in [7, 11) is 1.62. The number of rotatable bonds is 6. The minimum Gasteiger partial charge on any atom is -0.496 e. The molecule has 2 aromatic rings. The summed E-state index contributed by atoms with van der Waals surface area (Å²) in [5, 5.41) is 7.25. The van der Waals surface area contributed by atoms with Gasteiger partial charge in [0.25, 0.3) is 5.91 Å². The highest BCUT2D eigenvalue weighted by atomic mass is 16.5. The molecule has 1 amide bonds. The molecular formula is C16H19N3O2. The Kier molecular flexibility index (Phi) is 4.77. The van der Waals surface area contributed by atoms with Gasteiger partial charge in [0.15, 0.2) is 0 Å². The van der Waals surface area contributed by atoms with Crippen molar-refractivity contribution < 1.29 is 9.53 Å². The number of carbonyl (C=O) groups excluding carboxylic acids is 1. The van der Waals surface area contributed by atoms with E-state index in [1.807, 2.05) is 31.2 Å². The fraction of sp³-hybridized carbons (Fsp3) is 0.250. The summed E-state index contributed by atoms with van der Waals surface area (Å²) in [5.41, 5.74) is 2.11. The minimum atomic E-state index is -0.162.